The zero-order chi connectivity index (χ0) is 23.7. The van der Waals surface area contributed by atoms with Crippen LogP contribution in [0.5, 0.6) is 17.2 Å². The van der Waals surface area contributed by atoms with Crippen molar-refractivity contribution in [1.82, 2.24) is 5.32 Å². The SMILES string of the molecule is O=C(COc1ccc(OC(F)(F)F)cc1)NC(=S)Nc1cccc(OCc2ccccc2)c1. The van der Waals surface area contributed by atoms with Crippen LogP contribution >= 0.6 is 12.2 Å². The van der Waals surface area contributed by atoms with Gasteiger partial charge in [-0.05, 0) is 54.2 Å². The number of rotatable bonds is 8. The predicted octanol–water partition coefficient (Wildman–Crippen LogP) is 5.06. The molecule has 0 bridgehead atoms. The Labute approximate surface area is 193 Å². The van der Waals surface area contributed by atoms with Crippen molar-refractivity contribution in [3.63, 3.8) is 0 Å². The lowest BCUT2D eigenvalue weighted by molar-refractivity contribution is -0.274. The summed E-state index contributed by atoms with van der Waals surface area (Å²) in [6.07, 6.45) is -4.78. The van der Waals surface area contributed by atoms with Crippen molar-refractivity contribution < 1.29 is 32.2 Å². The summed E-state index contributed by atoms with van der Waals surface area (Å²) in [5.41, 5.74) is 1.65. The maximum Gasteiger partial charge on any atom is 0.573 e. The molecule has 172 valence electrons. The highest BCUT2D eigenvalue weighted by atomic mass is 32.1. The van der Waals surface area contributed by atoms with Crippen molar-refractivity contribution in [2.45, 2.75) is 13.0 Å². The first-order valence-corrected chi connectivity index (χ1v) is 10.0. The molecule has 0 heterocycles. The molecule has 0 saturated heterocycles. The van der Waals surface area contributed by atoms with Gasteiger partial charge in [-0.3, -0.25) is 10.1 Å². The topological polar surface area (TPSA) is 68.8 Å². The van der Waals surface area contributed by atoms with Gasteiger partial charge in [0.1, 0.15) is 23.9 Å². The molecule has 0 atom stereocenters. The van der Waals surface area contributed by atoms with E-state index in [1.807, 2.05) is 30.3 Å². The Balaban J connectivity index is 1.43. The van der Waals surface area contributed by atoms with Crippen molar-refractivity contribution >= 4 is 28.9 Å². The molecule has 0 aliphatic carbocycles. The molecule has 0 unspecified atom stereocenters. The van der Waals surface area contributed by atoms with Gasteiger partial charge in [-0.1, -0.05) is 36.4 Å². The van der Waals surface area contributed by atoms with Gasteiger partial charge in [0, 0.05) is 11.8 Å². The van der Waals surface area contributed by atoms with Gasteiger partial charge in [-0.2, -0.15) is 0 Å². The molecule has 3 aromatic rings. The Hall–Kier alpha value is -3.79. The minimum absolute atomic E-state index is 0.0535. The second-order valence-electron chi connectivity index (χ2n) is 6.61. The van der Waals surface area contributed by atoms with Crippen LogP contribution in [0.25, 0.3) is 0 Å². The molecular weight excluding hydrogens is 457 g/mol. The van der Waals surface area contributed by atoms with Crippen molar-refractivity contribution in [2.24, 2.45) is 0 Å². The summed E-state index contributed by atoms with van der Waals surface area (Å²) < 4.78 is 51.3. The average Bonchev–Trinajstić information content (AvgIpc) is 2.77. The highest BCUT2D eigenvalue weighted by molar-refractivity contribution is 7.80. The van der Waals surface area contributed by atoms with E-state index in [4.69, 9.17) is 21.7 Å². The minimum Gasteiger partial charge on any atom is -0.489 e. The number of amides is 1. The third-order valence-corrected chi connectivity index (χ3v) is 4.22. The first-order chi connectivity index (χ1) is 15.8. The molecular formula is C23H19F3N2O4S. The average molecular weight is 476 g/mol. The van der Waals surface area contributed by atoms with Gasteiger partial charge in [-0.25, -0.2) is 0 Å². The third-order valence-electron chi connectivity index (χ3n) is 4.02. The Morgan fingerprint density at radius 1 is 0.848 bits per heavy atom. The van der Waals surface area contributed by atoms with Crippen molar-refractivity contribution in [1.29, 1.82) is 0 Å². The van der Waals surface area contributed by atoms with Gasteiger partial charge in [-0.15, -0.1) is 13.2 Å². The lowest BCUT2D eigenvalue weighted by atomic mass is 10.2. The molecule has 0 spiro atoms. The molecule has 0 aromatic heterocycles. The molecule has 33 heavy (non-hydrogen) atoms. The predicted molar refractivity (Wildman–Crippen MR) is 120 cm³/mol. The molecule has 0 radical (unpaired) electrons. The van der Waals surface area contributed by atoms with Gasteiger partial charge in [0.05, 0.1) is 0 Å². The molecule has 6 nitrogen and oxygen atoms in total. The molecule has 0 saturated carbocycles. The summed E-state index contributed by atoms with van der Waals surface area (Å²) in [5, 5.41) is 5.39. The van der Waals surface area contributed by atoms with Gasteiger partial charge in [0.25, 0.3) is 5.91 Å². The number of nitrogens with one attached hydrogen (secondary N) is 2. The number of hydrogen-bond donors (Lipinski definition) is 2. The van der Waals surface area contributed by atoms with Gasteiger partial charge >= 0.3 is 6.36 Å². The van der Waals surface area contributed by atoms with Gasteiger partial charge < -0.3 is 19.5 Å². The van der Waals surface area contributed by atoms with E-state index in [9.17, 15) is 18.0 Å². The molecule has 10 heteroatoms. The third kappa shape index (κ3) is 8.69. The Morgan fingerprint density at radius 2 is 1.55 bits per heavy atom. The normalized spacial score (nSPS) is 10.8. The lowest BCUT2D eigenvalue weighted by Crippen LogP contribution is -2.37. The second-order valence-corrected chi connectivity index (χ2v) is 7.02. The molecule has 2 N–H and O–H groups in total. The summed E-state index contributed by atoms with van der Waals surface area (Å²) in [5.74, 6) is -0.111. The number of alkyl halides is 3. The zero-order valence-electron chi connectivity index (χ0n) is 17.1. The van der Waals surface area contributed by atoms with Crippen LogP contribution in [0, 0.1) is 0 Å². The van der Waals surface area contributed by atoms with Crippen molar-refractivity contribution in [2.75, 3.05) is 11.9 Å². The van der Waals surface area contributed by atoms with Crippen LogP contribution < -0.4 is 24.8 Å². The summed E-state index contributed by atoms with van der Waals surface area (Å²) in [6, 6.07) is 21.5. The fourth-order valence-corrected chi connectivity index (χ4v) is 2.85. The van der Waals surface area contributed by atoms with E-state index >= 15 is 0 Å². The number of carbonyl (C=O) groups is 1. The van der Waals surface area contributed by atoms with Crippen molar-refractivity contribution in [3.8, 4) is 17.2 Å². The number of anilines is 1. The highest BCUT2D eigenvalue weighted by Gasteiger charge is 2.30. The Morgan fingerprint density at radius 3 is 2.24 bits per heavy atom. The number of benzene rings is 3. The van der Waals surface area contributed by atoms with Gasteiger partial charge in [0.2, 0.25) is 0 Å². The zero-order valence-corrected chi connectivity index (χ0v) is 17.9. The molecule has 0 fully saturated rings. The van der Waals surface area contributed by atoms with E-state index in [-0.39, 0.29) is 23.2 Å². The van der Waals surface area contributed by atoms with Crippen molar-refractivity contribution in [3.05, 3.63) is 84.4 Å². The molecule has 0 aliphatic heterocycles. The molecule has 0 aliphatic rings. The van der Waals surface area contributed by atoms with Crippen LogP contribution in [-0.2, 0) is 11.4 Å². The van der Waals surface area contributed by atoms with E-state index in [2.05, 4.69) is 15.4 Å². The first kappa shape index (κ1) is 23.9. The number of thiocarbonyl (C=S) groups is 1. The van der Waals surface area contributed by atoms with Gasteiger partial charge in [0.15, 0.2) is 11.7 Å². The van der Waals surface area contributed by atoms with Crippen LogP contribution in [0.2, 0.25) is 0 Å². The highest BCUT2D eigenvalue weighted by Crippen LogP contribution is 2.24. The monoisotopic (exact) mass is 476 g/mol. The number of halogens is 3. The Kier molecular flexibility index (Phi) is 8.09. The Bertz CT molecular complexity index is 1080. The smallest absolute Gasteiger partial charge is 0.489 e. The maximum atomic E-state index is 12.2. The quantitative estimate of drug-likeness (QED) is 0.443. The fourth-order valence-electron chi connectivity index (χ4n) is 2.62. The number of hydrogen-bond acceptors (Lipinski definition) is 5. The molecule has 3 rings (SSSR count). The molecule has 3 aromatic carbocycles. The number of carbonyl (C=O) groups excluding carboxylic acids is 1. The fraction of sp³-hybridized carbons (Fsp3) is 0.130. The van der Waals surface area contributed by atoms with Crippen LogP contribution in [-0.4, -0.2) is 24.0 Å². The maximum absolute atomic E-state index is 12.2. The first-order valence-electron chi connectivity index (χ1n) is 9.63. The summed E-state index contributed by atoms with van der Waals surface area (Å²) >= 11 is 5.13. The van der Waals surface area contributed by atoms with Crippen LogP contribution in [0.1, 0.15) is 5.56 Å². The largest absolute Gasteiger partial charge is 0.573 e. The van der Waals surface area contributed by atoms with E-state index < -0.39 is 12.3 Å². The summed E-state index contributed by atoms with van der Waals surface area (Å²) in [7, 11) is 0. The number of ether oxygens (including phenoxy) is 3. The van der Waals surface area contributed by atoms with E-state index in [1.54, 1.807) is 24.3 Å². The van der Waals surface area contributed by atoms with E-state index in [0.29, 0.717) is 18.0 Å². The van der Waals surface area contributed by atoms with E-state index in [0.717, 1.165) is 17.7 Å². The lowest BCUT2D eigenvalue weighted by Gasteiger charge is -2.12. The second kappa shape index (κ2) is 11.2. The summed E-state index contributed by atoms with van der Waals surface area (Å²) in [6.45, 7) is 0.0215. The molecule has 1 amide bonds. The standard InChI is InChI=1S/C23H19F3N2O4S/c24-23(25,26)32-19-11-9-18(10-12-19)31-15-21(29)28-22(33)27-17-7-4-8-20(13-17)30-14-16-5-2-1-3-6-16/h1-13H,14-15H2,(H2,27,28,29,33). The van der Waals surface area contributed by atoms with Crippen LogP contribution in [0.4, 0.5) is 18.9 Å². The minimum atomic E-state index is -4.78. The van der Waals surface area contributed by atoms with E-state index in [1.165, 1.54) is 12.1 Å². The van der Waals surface area contributed by atoms with Crippen LogP contribution in [0.15, 0.2) is 78.9 Å². The van der Waals surface area contributed by atoms with Crippen LogP contribution in [0.3, 0.4) is 0 Å². The summed E-state index contributed by atoms with van der Waals surface area (Å²) in [4.78, 5) is 12.0.